The van der Waals surface area contributed by atoms with Crippen LogP contribution < -0.4 is 5.73 Å². The Kier molecular flexibility index (Phi) is 2.12. The van der Waals surface area contributed by atoms with Crippen molar-refractivity contribution < 1.29 is 4.52 Å². The molecule has 4 nitrogen and oxygen atoms in total. The van der Waals surface area contributed by atoms with Crippen molar-refractivity contribution in [3.63, 3.8) is 0 Å². The van der Waals surface area contributed by atoms with E-state index in [1.165, 1.54) is 0 Å². The zero-order valence-corrected chi connectivity index (χ0v) is 9.90. The van der Waals surface area contributed by atoms with Gasteiger partial charge in [-0.3, -0.25) is 0 Å². The molecule has 2 heterocycles. The molecule has 3 aromatic rings. The summed E-state index contributed by atoms with van der Waals surface area (Å²) in [6.07, 6.45) is 0. The molecule has 0 aliphatic carbocycles. The Morgan fingerprint density at radius 3 is 2.82 bits per heavy atom. The molecule has 0 saturated carbocycles. The van der Waals surface area contributed by atoms with Crippen LogP contribution in [0, 0.1) is 0 Å². The fourth-order valence-electron chi connectivity index (χ4n) is 1.96. The number of nitrogen functional groups attached to an aromatic ring is 1. The van der Waals surface area contributed by atoms with Gasteiger partial charge >= 0.3 is 0 Å². The topological polar surface area (TPSA) is 57.0 Å². The lowest BCUT2D eigenvalue weighted by Gasteiger charge is -2.00. The Balaban J connectivity index is 2.27. The number of nitrogens with two attached hydrogens (primary N) is 1. The highest BCUT2D eigenvalue weighted by atomic mass is 35.5. The smallest absolute Gasteiger partial charge is 0.222 e. The van der Waals surface area contributed by atoms with E-state index >= 15 is 0 Å². The predicted molar refractivity (Wildman–Crippen MR) is 67.8 cm³/mol. The van der Waals surface area contributed by atoms with E-state index in [0.29, 0.717) is 10.9 Å². The first-order chi connectivity index (χ1) is 8.15. The van der Waals surface area contributed by atoms with E-state index in [2.05, 4.69) is 5.16 Å². The van der Waals surface area contributed by atoms with Gasteiger partial charge in [-0.1, -0.05) is 22.8 Å². The van der Waals surface area contributed by atoms with E-state index < -0.39 is 0 Å². The lowest BCUT2D eigenvalue weighted by Crippen LogP contribution is -1.90. The van der Waals surface area contributed by atoms with E-state index in [0.717, 1.165) is 22.3 Å². The van der Waals surface area contributed by atoms with Crippen molar-refractivity contribution in [2.75, 3.05) is 5.73 Å². The fraction of sp³-hybridized carbons (Fsp3) is 0.0833. The summed E-state index contributed by atoms with van der Waals surface area (Å²) in [5.41, 5.74) is 8.24. The van der Waals surface area contributed by atoms with Gasteiger partial charge in [0.2, 0.25) is 5.88 Å². The molecule has 1 aromatic carbocycles. The molecule has 0 saturated heterocycles. The van der Waals surface area contributed by atoms with Crippen molar-refractivity contribution >= 4 is 28.4 Å². The van der Waals surface area contributed by atoms with Gasteiger partial charge in [-0.25, -0.2) is 0 Å². The summed E-state index contributed by atoms with van der Waals surface area (Å²) in [5.74, 6) is 0.309. The zero-order chi connectivity index (χ0) is 12.0. The van der Waals surface area contributed by atoms with E-state index in [-0.39, 0.29) is 0 Å². The number of hydrogen-bond acceptors (Lipinski definition) is 3. The summed E-state index contributed by atoms with van der Waals surface area (Å²) >= 11 is 5.98. The molecule has 2 N–H and O–H groups in total. The SMILES string of the molecule is Cn1c(-c2cc(N)on2)cc2ccc(Cl)cc21. The molecule has 0 spiro atoms. The first-order valence-electron chi connectivity index (χ1n) is 5.13. The minimum atomic E-state index is 0.309. The second kappa shape index (κ2) is 3.53. The van der Waals surface area contributed by atoms with E-state index in [4.69, 9.17) is 21.9 Å². The highest BCUT2D eigenvalue weighted by molar-refractivity contribution is 6.31. The molecule has 0 fully saturated rings. The Morgan fingerprint density at radius 1 is 1.29 bits per heavy atom. The first kappa shape index (κ1) is 10.2. The fourth-order valence-corrected chi connectivity index (χ4v) is 2.13. The number of fused-ring (bicyclic) bond motifs is 1. The molecule has 0 aliphatic rings. The number of halogens is 1. The number of aryl methyl sites for hydroxylation is 1. The van der Waals surface area contributed by atoms with Crippen LogP contribution in [0.2, 0.25) is 5.02 Å². The van der Waals surface area contributed by atoms with Gasteiger partial charge < -0.3 is 14.8 Å². The average Bonchev–Trinajstić information content (AvgIpc) is 2.84. The van der Waals surface area contributed by atoms with Crippen LogP contribution in [-0.2, 0) is 7.05 Å². The highest BCUT2D eigenvalue weighted by Gasteiger charge is 2.11. The Labute approximate surface area is 103 Å². The van der Waals surface area contributed by atoms with Crippen molar-refractivity contribution in [3.8, 4) is 11.4 Å². The molecule has 86 valence electrons. The number of anilines is 1. The van der Waals surface area contributed by atoms with E-state index in [1.54, 1.807) is 6.07 Å². The molecular formula is C12H10ClN3O. The molecule has 17 heavy (non-hydrogen) atoms. The predicted octanol–water partition coefficient (Wildman–Crippen LogP) is 3.07. The molecule has 0 radical (unpaired) electrons. The summed E-state index contributed by atoms with van der Waals surface area (Å²) in [6, 6.07) is 9.50. The van der Waals surface area contributed by atoms with Crippen LogP contribution in [0.15, 0.2) is 34.9 Å². The summed E-state index contributed by atoms with van der Waals surface area (Å²) in [4.78, 5) is 0. The maximum atomic E-state index is 5.98. The molecule has 5 heteroatoms. The maximum absolute atomic E-state index is 5.98. The minimum Gasteiger partial charge on any atom is -0.368 e. The standard InChI is InChI=1S/C12H10ClN3O/c1-16-10-5-8(13)3-2-7(10)4-11(16)9-6-12(14)17-15-9/h2-6H,14H2,1H3. The van der Waals surface area contributed by atoms with Gasteiger partial charge in [-0.2, -0.15) is 0 Å². The number of aromatic nitrogens is 2. The summed E-state index contributed by atoms with van der Waals surface area (Å²) in [6.45, 7) is 0. The van der Waals surface area contributed by atoms with Crippen LogP contribution >= 0.6 is 11.6 Å². The minimum absolute atomic E-state index is 0.309. The maximum Gasteiger partial charge on any atom is 0.222 e. The van der Waals surface area contributed by atoms with Crippen molar-refractivity contribution in [2.24, 2.45) is 7.05 Å². The van der Waals surface area contributed by atoms with Crippen molar-refractivity contribution in [1.82, 2.24) is 9.72 Å². The molecule has 0 atom stereocenters. The van der Waals surface area contributed by atoms with Gasteiger partial charge in [0.05, 0.1) is 5.69 Å². The second-order valence-corrected chi connectivity index (χ2v) is 4.34. The monoisotopic (exact) mass is 247 g/mol. The third-order valence-electron chi connectivity index (χ3n) is 2.80. The number of hydrogen-bond donors (Lipinski definition) is 1. The van der Waals surface area contributed by atoms with Crippen molar-refractivity contribution in [2.45, 2.75) is 0 Å². The van der Waals surface area contributed by atoms with Crippen molar-refractivity contribution in [3.05, 3.63) is 35.4 Å². The van der Waals surface area contributed by atoms with Crippen LogP contribution in [0.3, 0.4) is 0 Å². The van der Waals surface area contributed by atoms with Gasteiger partial charge in [-0.05, 0) is 18.2 Å². The molecular weight excluding hydrogens is 238 g/mol. The molecule has 0 aliphatic heterocycles. The van der Waals surface area contributed by atoms with Gasteiger partial charge in [0.1, 0.15) is 5.69 Å². The van der Waals surface area contributed by atoms with Crippen LogP contribution in [0.4, 0.5) is 5.88 Å². The van der Waals surface area contributed by atoms with Gasteiger partial charge in [0.25, 0.3) is 0 Å². The molecule has 2 aromatic heterocycles. The summed E-state index contributed by atoms with van der Waals surface area (Å²) in [7, 11) is 1.96. The third-order valence-corrected chi connectivity index (χ3v) is 3.03. The zero-order valence-electron chi connectivity index (χ0n) is 9.14. The molecule has 0 bridgehead atoms. The number of nitrogens with zero attached hydrogens (tertiary/aromatic N) is 2. The van der Waals surface area contributed by atoms with E-state index in [1.807, 2.05) is 35.9 Å². The Hall–Kier alpha value is -1.94. The van der Waals surface area contributed by atoms with Crippen molar-refractivity contribution in [1.29, 1.82) is 0 Å². The van der Waals surface area contributed by atoms with E-state index in [9.17, 15) is 0 Å². The molecule has 0 unspecified atom stereocenters. The normalized spacial score (nSPS) is 11.2. The number of rotatable bonds is 1. The van der Waals surface area contributed by atoms with Crippen LogP contribution in [-0.4, -0.2) is 9.72 Å². The van der Waals surface area contributed by atoms with Crippen LogP contribution in [0.5, 0.6) is 0 Å². The Morgan fingerprint density at radius 2 is 2.12 bits per heavy atom. The number of benzene rings is 1. The first-order valence-corrected chi connectivity index (χ1v) is 5.50. The van der Waals surface area contributed by atoms with Gasteiger partial charge in [0, 0.05) is 29.0 Å². The van der Waals surface area contributed by atoms with Crippen LogP contribution in [0.1, 0.15) is 0 Å². The lowest BCUT2D eigenvalue weighted by atomic mass is 10.2. The van der Waals surface area contributed by atoms with Gasteiger partial charge in [-0.15, -0.1) is 0 Å². The highest BCUT2D eigenvalue weighted by Crippen LogP contribution is 2.28. The van der Waals surface area contributed by atoms with Gasteiger partial charge in [0.15, 0.2) is 0 Å². The largest absolute Gasteiger partial charge is 0.368 e. The third kappa shape index (κ3) is 1.57. The lowest BCUT2D eigenvalue weighted by molar-refractivity contribution is 0.439. The summed E-state index contributed by atoms with van der Waals surface area (Å²) in [5, 5.41) is 5.73. The van der Waals surface area contributed by atoms with Crippen LogP contribution in [0.25, 0.3) is 22.3 Å². The molecule has 0 amide bonds. The molecule has 3 rings (SSSR count). The quantitative estimate of drug-likeness (QED) is 0.719. The summed E-state index contributed by atoms with van der Waals surface area (Å²) < 4.78 is 6.89. The second-order valence-electron chi connectivity index (χ2n) is 3.91. The average molecular weight is 248 g/mol. The Bertz CT molecular complexity index is 699.